The van der Waals surface area contributed by atoms with Gasteiger partial charge in [-0.2, -0.15) is 0 Å². The zero-order chi connectivity index (χ0) is 26.7. The highest BCUT2D eigenvalue weighted by atomic mass is 16.5. The fourth-order valence-corrected chi connectivity index (χ4v) is 5.41. The van der Waals surface area contributed by atoms with Crippen LogP contribution in [0.4, 0.5) is 0 Å². The molecule has 0 aromatic heterocycles. The van der Waals surface area contributed by atoms with Gasteiger partial charge in [0, 0.05) is 23.7 Å². The second kappa shape index (κ2) is 11.1. The monoisotopic (exact) mass is 507 g/mol. The van der Waals surface area contributed by atoms with Crippen LogP contribution < -0.4 is 18.9 Å². The third-order valence-corrected chi connectivity index (χ3v) is 7.09. The Morgan fingerprint density at radius 3 is 2.14 bits per heavy atom. The molecule has 1 fully saturated rings. The molecule has 4 rings (SSSR count). The molecule has 0 saturated heterocycles. The third-order valence-electron chi connectivity index (χ3n) is 7.09. The third kappa shape index (κ3) is 4.92. The molecule has 1 aliphatic heterocycles. The minimum atomic E-state index is -0.572. The van der Waals surface area contributed by atoms with Gasteiger partial charge in [0.1, 0.15) is 5.78 Å². The number of allylic oxidation sites excluding steroid dienone is 1. The molecule has 2 aromatic carbocycles. The molecule has 0 bridgehead atoms. The molecule has 2 aliphatic rings. The molecule has 0 radical (unpaired) electrons. The Balaban J connectivity index is 1.78. The Morgan fingerprint density at radius 2 is 1.49 bits per heavy atom. The molecule has 1 unspecified atom stereocenters. The number of ether oxygens (including phenoxy) is 5. The van der Waals surface area contributed by atoms with E-state index in [0.717, 1.165) is 16.8 Å². The van der Waals surface area contributed by atoms with E-state index in [9.17, 15) is 9.59 Å². The zero-order valence-corrected chi connectivity index (χ0v) is 22.1. The Labute approximate surface area is 217 Å². The average molecular weight is 508 g/mol. The van der Waals surface area contributed by atoms with Crippen molar-refractivity contribution in [3.63, 3.8) is 0 Å². The number of rotatable bonds is 8. The first-order valence-electron chi connectivity index (χ1n) is 12.3. The molecule has 3 atom stereocenters. The quantitative estimate of drug-likeness (QED) is 0.471. The highest BCUT2D eigenvalue weighted by Crippen LogP contribution is 2.47. The van der Waals surface area contributed by atoms with Crippen LogP contribution >= 0.6 is 0 Å². The summed E-state index contributed by atoms with van der Waals surface area (Å²) in [4.78, 5) is 31.5. The lowest BCUT2D eigenvalue weighted by atomic mass is 9.66. The summed E-state index contributed by atoms with van der Waals surface area (Å²) in [6.45, 7) is 4.17. The van der Waals surface area contributed by atoms with Gasteiger partial charge in [-0.3, -0.25) is 9.79 Å². The van der Waals surface area contributed by atoms with Gasteiger partial charge in [0.2, 0.25) is 0 Å². The second-order valence-corrected chi connectivity index (χ2v) is 9.08. The van der Waals surface area contributed by atoms with Gasteiger partial charge in [0.05, 0.1) is 46.5 Å². The van der Waals surface area contributed by atoms with Crippen molar-refractivity contribution in [1.29, 1.82) is 0 Å². The SMILES string of the molecule is CCOc1ccc([C@@H]2C(C(=O)OC)=C(C)N=C3C[C@@H](c4ccc(OC)c(OC)c4)CC(=O)C32)cc1OC. The van der Waals surface area contributed by atoms with Crippen molar-refractivity contribution >= 4 is 17.5 Å². The summed E-state index contributed by atoms with van der Waals surface area (Å²) < 4.78 is 27.2. The second-order valence-electron chi connectivity index (χ2n) is 9.08. The molecular formula is C29H33NO7. The van der Waals surface area contributed by atoms with Crippen LogP contribution in [0.3, 0.4) is 0 Å². The number of hydrogen-bond donors (Lipinski definition) is 0. The van der Waals surface area contributed by atoms with Crippen LogP contribution in [0.5, 0.6) is 23.0 Å². The highest BCUT2D eigenvalue weighted by molar-refractivity contribution is 6.12. The number of carbonyl (C=O) groups excluding carboxylic acids is 2. The number of nitrogens with zero attached hydrogens (tertiary/aromatic N) is 1. The average Bonchev–Trinajstić information content (AvgIpc) is 2.91. The van der Waals surface area contributed by atoms with Crippen molar-refractivity contribution < 1.29 is 33.3 Å². The number of esters is 1. The summed E-state index contributed by atoms with van der Waals surface area (Å²) in [7, 11) is 6.09. The van der Waals surface area contributed by atoms with Crippen LogP contribution in [-0.2, 0) is 14.3 Å². The van der Waals surface area contributed by atoms with E-state index in [1.54, 1.807) is 28.3 Å². The van der Waals surface area contributed by atoms with Crippen LogP contribution in [0, 0.1) is 5.92 Å². The fraction of sp³-hybridized carbons (Fsp3) is 0.414. The van der Waals surface area contributed by atoms with E-state index in [4.69, 9.17) is 28.7 Å². The molecule has 8 nitrogen and oxygen atoms in total. The van der Waals surface area contributed by atoms with E-state index in [1.165, 1.54) is 7.11 Å². The number of methoxy groups -OCH3 is 4. The van der Waals surface area contributed by atoms with E-state index >= 15 is 0 Å². The lowest BCUT2D eigenvalue weighted by molar-refractivity contribution is -0.136. The predicted molar refractivity (Wildman–Crippen MR) is 139 cm³/mol. The van der Waals surface area contributed by atoms with Crippen molar-refractivity contribution in [2.75, 3.05) is 35.0 Å². The maximum atomic E-state index is 13.8. The Kier molecular flexibility index (Phi) is 7.86. The molecule has 196 valence electrons. The van der Waals surface area contributed by atoms with Crippen molar-refractivity contribution in [2.24, 2.45) is 10.9 Å². The van der Waals surface area contributed by atoms with Crippen molar-refractivity contribution in [1.82, 2.24) is 0 Å². The first-order chi connectivity index (χ1) is 17.9. The predicted octanol–water partition coefficient (Wildman–Crippen LogP) is 4.86. The van der Waals surface area contributed by atoms with Gasteiger partial charge in [-0.05, 0) is 61.6 Å². The number of aliphatic imine (C=N–C) groups is 1. The smallest absolute Gasteiger partial charge is 0.336 e. The molecule has 2 aromatic rings. The van der Waals surface area contributed by atoms with Gasteiger partial charge in [0.25, 0.3) is 0 Å². The first-order valence-corrected chi connectivity index (χ1v) is 12.3. The molecular weight excluding hydrogens is 474 g/mol. The Bertz CT molecular complexity index is 1260. The number of Topliss-reactive ketones (excluding diaryl/α,β-unsaturated/α-hetero) is 1. The maximum absolute atomic E-state index is 13.8. The minimum Gasteiger partial charge on any atom is -0.493 e. The van der Waals surface area contributed by atoms with Crippen molar-refractivity contribution in [3.8, 4) is 23.0 Å². The van der Waals surface area contributed by atoms with E-state index in [1.807, 2.05) is 43.3 Å². The van der Waals surface area contributed by atoms with Crippen LogP contribution in [0.2, 0.25) is 0 Å². The van der Waals surface area contributed by atoms with E-state index in [-0.39, 0.29) is 11.7 Å². The lowest BCUT2D eigenvalue weighted by Crippen LogP contribution is -2.41. The number of hydrogen-bond acceptors (Lipinski definition) is 8. The molecule has 1 heterocycles. The number of carbonyl (C=O) groups is 2. The summed E-state index contributed by atoms with van der Waals surface area (Å²) in [5, 5.41) is 0. The van der Waals surface area contributed by atoms with Gasteiger partial charge in [-0.25, -0.2) is 4.79 Å². The molecule has 1 aliphatic carbocycles. The summed E-state index contributed by atoms with van der Waals surface area (Å²) in [6.07, 6.45) is 0.902. The minimum absolute atomic E-state index is 0.0246. The zero-order valence-electron chi connectivity index (χ0n) is 22.1. The lowest BCUT2D eigenvalue weighted by Gasteiger charge is -2.38. The van der Waals surface area contributed by atoms with E-state index in [2.05, 4.69) is 0 Å². The molecule has 0 spiro atoms. The Morgan fingerprint density at radius 1 is 0.865 bits per heavy atom. The number of ketones is 1. The number of fused-ring (bicyclic) bond motifs is 1. The van der Waals surface area contributed by atoms with E-state index < -0.39 is 17.8 Å². The van der Waals surface area contributed by atoms with Crippen molar-refractivity contribution in [2.45, 2.75) is 38.5 Å². The summed E-state index contributed by atoms with van der Waals surface area (Å²) in [6, 6.07) is 11.3. The van der Waals surface area contributed by atoms with Crippen LogP contribution in [-0.4, -0.2) is 52.5 Å². The fourth-order valence-electron chi connectivity index (χ4n) is 5.41. The molecule has 0 amide bonds. The number of benzene rings is 2. The van der Waals surface area contributed by atoms with Crippen LogP contribution in [0.1, 0.15) is 49.7 Å². The van der Waals surface area contributed by atoms with Gasteiger partial charge < -0.3 is 23.7 Å². The van der Waals surface area contributed by atoms with Crippen LogP contribution in [0.15, 0.2) is 52.7 Å². The topological polar surface area (TPSA) is 92.7 Å². The largest absolute Gasteiger partial charge is 0.493 e. The standard InChI is InChI=1S/C29H33NO7/c1-7-37-23-11-9-18(15-25(23)35-5)27-26(29(32)36-6)16(2)30-20-12-19(13-21(31)28(20)27)17-8-10-22(33-3)24(14-17)34-4/h8-11,14-15,19,27-28H,7,12-13H2,1-6H3/t19-,27-,28?/m1/s1. The van der Waals surface area contributed by atoms with Gasteiger partial charge >= 0.3 is 5.97 Å². The maximum Gasteiger partial charge on any atom is 0.336 e. The normalized spacial score (nSPS) is 21.1. The van der Waals surface area contributed by atoms with Crippen molar-refractivity contribution in [3.05, 3.63) is 58.8 Å². The molecule has 8 heteroatoms. The molecule has 37 heavy (non-hydrogen) atoms. The summed E-state index contributed by atoms with van der Waals surface area (Å²) >= 11 is 0. The van der Waals surface area contributed by atoms with Gasteiger partial charge in [-0.1, -0.05) is 12.1 Å². The first kappa shape index (κ1) is 26.3. The van der Waals surface area contributed by atoms with Gasteiger partial charge in [0.15, 0.2) is 23.0 Å². The Hall–Kier alpha value is -3.81. The van der Waals surface area contributed by atoms with Crippen LogP contribution in [0.25, 0.3) is 0 Å². The molecule has 0 N–H and O–H groups in total. The van der Waals surface area contributed by atoms with E-state index in [0.29, 0.717) is 53.7 Å². The highest BCUT2D eigenvalue weighted by Gasteiger charge is 2.46. The molecule has 1 saturated carbocycles. The summed E-state index contributed by atoms with van der Waals surface area (Å²) in [5.41, 5.74) is 3.46. The summed E-state index contributed by atoms with van der Waals surface area (Å²) in [5.74, 6) is 0.741. The van der Waals surface area contributed by atoms with Gasteiger partial charge in [-0.15, -0.1) is 0 Å².